The van der Waals surface area contributed by atoms with Gasteiger partial charge in [0.05, 0.1) is 22.8 Å². The van der Waals surface area contributed by atoms with Crippen LogP contribution in [0.3, 0.4) is 0 Å². The van der Waals surface area contributed by atoms with Crippen molar-refractivity contribution in [3.63, 3.8) is 0 Å². The van der Waals surface area contributed by atoms with Crippen molar-refractivity contribution in [2.75, 3.05) is 13.7 Å². The SMILES string of the molecule is CCOc1cc(Br)cc(/C=C2/SC(=Nc3cccc(C(=O)O)c3)N(C)C2=O)c1O. The van der Waals surface area contributed by atoms with Crippen LogP contribution in [-0.2, 0) is 4.79 Å². The van der Waals surface area contributed by atoms with Gasteiger partial charge in [0, 0.05) is 17.1 Å². The number of hydrogen-bond donors (Lipinski definition) is 2. The van der Waals surface area contributed by atoms with E-state index in [2.05, 4.69) is 20.9 Å². The normalized spacial score (nSPS) is 16.7. The number of amidine groups is 1. The first kappa shape index (κ1) is 20.9. The maximum Gasteiger partial charge on any atom is 0.335 e. The molecule has 0 unspecified atom stereocenters. The number of aliphatic imine (C=N–C) groups is 1. The average Bonchev–Trinajstić information content (AvgIpc) is 2.93. The lowest BCUT2D eigenvalue weighted by Gasteiger charge is -2.09. The van der Waals surface area contributed by atoms with E-state index in [-0.39, 0.29) is 17.2 Å². The fourth-order valence-electron chi connectivity index (χ4n) is 2.58. The van der Waals surface area contributed by atoms with E-state index in [0.717, 1.165) is 11.8 Å². The largest absolute Gasteiger partial charge is 0.504 e. The molecular formula is C20H17BrN2O5S. The number of thioether (sulfide) groups is 1. The van der Waals surface area contributed by atoms with Gasteiger partial charge in [-0.25, -0.2) is 9.79 Å². The number of phenolic OH excluding ortho intramolecular Hbond substituents is 1. The number of halogens is 1. The molecule has 0 aliphatic carbocycles. The van der Waals surface area contributed by atoms with Gasteiger partial charge in [-0.15, -0.1) is 0 Å². The van der Waals surface area contributed by atoms with E-state index in [0.29, 0.717) is 38.2 Å². The average molecular weight is 477 g/mol. The van der Waals surface area contributed by atoms with Crippen molar-refractivity contribution in [2.45, 2.75) is 6.92 Å². The van der Waals surface area contributed by atoms with E-state index < -0.39 is 5.97 Å². The summed E-state index contributed by atoms with van der Waals surface area (Å²) < 4.78 is 6.12. The lowest BCUT2D eigenvalue weighted by Crippen LogP contribution is -2.23. The number of nitrogens with zero attached hydrogens (tertiary/aromatic N) is 2. The first-order valence-electron chi connectivity index (χ1n) is 8.55. The van der Waals surface area contributed by atoms with E-state index in [1.165, 1.54) is 17.0 Å². The van der Waals surface area contributed by atoms with Gasteiger partial charge in [-0.3, -0.25) is 9.69 Å². The smallest absolute Gasteiger partial charge is 0.335 e. The Hall–Kier alpha value is -2.78. The molecule has 9 heteroatoms. The van der Waals surface area contributed by atoms with Gasteiger partial charge >= 0.3 is 5.97 Å². The van der Waals surface area contributed by atoms with Crippen LogP contribution in [0.5, 0.6) is 11.5 Å². The fraction of sp³-hybridized carbons (Fsp3) is 0.150. The Bertz CT molecular complexity index is 1050. The Morgan fingerprint density at radius 1 is 1.34 bits per heavy atom. The summed E-state index contributed by atoms with van der Waals surface area (Å²) in [5.41, 5.74) is 0.973. The Morgan fingerprint density at radius 3 is 2.79 bits per heavy atom. The minimum Gasteiger partial charge on any atom is -0.504 e. The number of likely N-dealkylation sites (N-methyl/N-ethyl adjacent to an activating group) is 1. The maximum atomic E-state index is 12.6. The van der Waals surface area contributed by atoms with Crippen LogP contribution in [0.1, 0.15) is 22.8 Å². The number of ether oxygens (including phenoxy) is 1. The number of phenols is 1. The molecule has 3 rings (SSSR count). The van der Waals surface area contributed by atoms with Gasteiger partial charge in [-0.1, -0.05) is 22.0 Å². The highest BCUT2D eigenvalue weighted by Gasteiger charge is 2.31. The van der Waals surface area contributed by atoms with Crippen LogP contribution in [0.4, 0.5) is 5.69 Å². The second kappa shape index (κ2) is 8.71. The van der Waals surface area contributed by atoms with Crippen molar-refractivity contribution in [3.8, 4) is 11.5 Å². The molecular weight excluding hydrogens is 460 g/mol. The molecule has 1 amide bonds. The molecule has 1 fully saturated rings. The molecule has 0 aromatic heterocycles. The number of carboxylic acid groups (broad SMARTS) is 1. The van der Waals surface area contributed by atoms with Crippen molar-refractivity contribution in [3.05, 3.63) is 56.9 Å². The highest BCUT2D eigenvalue weighted by molar-refractivity contribution is 9.10. The summed E-state index contributed by atoms with van der Waals surface area (Å²) >= 11 is 4.51. The zero-order chi connectivity index (χ0) is 21.1. The zero-order valence-corrected chi connectivity index (χ0v) is 18.0. The van der Waals surface area contributed by atoms with E-state index in [1.54, 1.807) is 37.4 Å². The van der Waals surface area contributed by atoms with Gasteiger partial charge in [0.2, 0.25) is 0 Å². The van der Waals surface area contributed by atoms with Gasteiger partial charge in [0.1, 0.15) is 0 Å². The molecule has 7 nitrogen and oxygen atoms in total. The summed E-state index contributed by atoms with van der Waals surface area (Å²) in [5, 5.41) is 20.0. The number of rotatable bonds is 5. The number of hydrogen-bond acceptors (Lipinski definition) is 6. The van der Waals surface area contributed by atoms with E-state index in [9.17, 15) is 14.7 Å². The first-order chi connectivity index (χ1) is 13.8. The summed E-state index contributed by atoms with van der Waals surface area (Å²) in [6.07, 6.45) is 1.57. The molecule has 29 heavy (non-hydrogen) atoms. The van der Waals surface area contributed by atoms with Crippen LogP contribution >= 0.6 is 27.7 Å². The fourth-order valence-corrected chi connectivity index (χ4v) is 4.01. The Kier molecular flexibility index (Phi) is 6.29. The van der Waals surface area contributed by atoms with Crippen LogP contribution in [0.25, 0.3) is 6.08 Å². The topological polar surface area (TPSA) is 99.4 Å². The van der Waals surface area contributed by atoms with Gasteiger partial charge in [0.25, 0.3) is 5.91 Å². The Balaban J connectivity index is 1.95. The standard InChI is InChI=1S/C20H17BrN2O5S/c1-3-28-15-10-13(21)7-12(17(15)24)9-16-18(25)23(2)20(29-16)22-14-6-4-5-11(8-14)19(26)27/h4-10,24H,3H2,1-2H3,(H,26,27)/b16-9+,22-20?. The van der Waals surface area contributed by atoms with Crippen LogP contribution in [0, 0.1) is 0 Å². The maximum absolute atomic E-state index is 12.6. The molecule has 0 saturated carbocycles. The summed E-state index contributed by atoms with van der Waals surface area (Å²) in [5.74, 6) is -1.07. The number of carbonyl (C=O) groups is 2. The highest BCUT2D eigenvalue weighted by atomic mass is 79.9. The zero-order valence-electron chi connectivity index (χ0n) is 15.5. The number of carboxylic acids is 1. The van der Waals surface area contributed by atoms with Gasteiger partial charge < -0.3 is 14.9 Å². The number of aromatic carboxylic acids is 1. The Morgan fingerprint density at radius 2 is 2.10 bits per heavy atom. The first-order valence-corrected chi connectivity index (χ1v) is 10.2. The predicted molar refractivity (Wildman–Crippen MR) is 116 cm³/mol. The van der Waals surface area contributed by atoms with Crippen molar-refractivity contribution >= 4 is 56.5 Å². The number of benzene rings is 2. The van der Waals surface area contributed by atoms with Gasteiger partial charge in [-0.05, 0) is 55.1 Å². The lowest BCUT2D eigenvalue weighted by atomic mass is 10.1. The Labute approximate surface area is 179 Å². The van der Waals surface area contributed by atoms with Crippen molar-refractivity contribution in [2.24, 2.45) is 4.99 Å². The monoisotopic (exact) mass is 476 g/mol. The third kappa shape index (κ3) is 4.63. The second-order valence-corrected chi connectivity index (χ2v) is 7.92. The predicted octanol–water partition coefficient (Wildman–Crippen LogP) is 4.49. The molecule has 2 aromatic rings. The van der Waals surface area contributed by atoms with E-state index in [1.807, 2.05) is 6.92 Å². The van der Waals surface area contributed by atoms with Crippen LogP contribution in [0.15, 0.2) is 50.8 Å². The lowest BCUT2D eigenvalue weighted by molar-refractivity contribution is -0.121. The summed E-state index contributed by atoms with van der Waals surface area (Å²) in [4.78, 5) is 29.9. The molecule has 2 N–H and O–H groups in total. The molecule has 0 spiro atoms. The summed E-state index contributed by atoms with van der Waals surface area (Å²) in [6.45, 7) is 2.20. The van der Waals surface area contributed by atoms with Crippen molar-refractivity contribution < 1.29 is 24.5 Å². The minimum atomic E-state index is -1.05. The summed E-state index contributed by atoms with van der Waals surface area (Å²) in [6, 6.07) is 9.50. The van der Waals surface area contributed by atoms with Gasteiger partial charge in [0.15, 0.2) is 16.7 Å². The third-order valence-electron chi connectivity index (χ3n) is 3.98. The molecule has 0 bridgehead atoms. The molecule has 0 radical (unpaired) electrons. The molecule has 2 aromatic carbocycles. The van der Waals surface area contributed by atoms with E-state index in [4.69, 9.17) is 9.84 Å². The van der Waals surface area contributed by atoms with Crippen LogP contribution in [0.2, 0.25) is 0 Å². The third-order valence-corrected chi connectivity index (χ3v) is 5.50. The quantitative estimate of drug-likeness (QED) is 0.616. The molecule has 150 valence electrons. The number of amides is 1. The molecule has 1 saturated heterocycles. The number of aromatic hydroxyl groups is 1. The molecule has 0 atom stereocenters. The molecule has 1 aliphatic heterocycles. The van der Waals surface area contributed by atoms with Gasteiger partial charge in [-0.2, -0.15) is 0 Å². The van der Waals surface area contributed by atoms with Crippen LogP contribution in [-0.4, -0.2) is 45.8 Å². The van der Waals surface area contributed by atoms with E-state index >= 15 is 0 Å². The molecule has 1 heterocycles. The number of carbonyl (C=O) groups excluding carboxylic acids is 1. The molecule has 1 aliphatic rings. The second-order valence-electron chi connectivity index (χ2n) is 6.00. The minimum absolute atomic E-state index is 0.0573. The summed E-state index contributed by atoms with van der Waals surface area (Å²) in [7, 11) is 1.59. The van der Waals surface area contributed by atoms with Crippen LogP contribution < -0.4 is 4.74 Å². The van der Waals surface area contributed by atoms with Crippen molar-refractivity contribution in [1.29, 1.82) is 0 Å². The highest BCUT2D eigenvalue weighted by Crippen LogP contribution is 2.39. The van der Waals surface area contributed by atoms with Crippen molar-refractivity contribution in [1.82, 2.24) is 4.90 Å².